The van der Waals surface area contributed by atoms with E-state index in [9.17, 15) is 14.5 Å². The molecule has 0 heterocycles. The molecule has 0 aliphatic carbocycles. The lowest BCUT2D eigenvalue weighted by atomic mass is 10.1. The number of nitrogens with one attached hydrogen (secondary N) is 1. The molecule has 0 aromatic heterocycles. The zero-order valence-corrected chi connectivity index (χ0v) is 12.3. The molecule has 0 aliphatic rings. The minimum Gasteiger partial charge on any atom is -0.308 e. The zero-order chi connectivity index (χ0) is 15.4. The topological polar surface area (TPSA) is 55.2 Å². The van der Waals surface area contributed by atoms with Crippen molar-refractivity contribution in [3.8, 4) is 0 Å². The van der Waals surface area contributed by atoms with E-state index in [4.69, 9.17) is 23.2 Å². The Morgan fingerprint density at radius 1 is 1.14 bits per heavy atom. The minimum atomic E-state index is -0.484. The fraction of sp³-hybridized carbons (Fsp3) is 0.143. The Labute approximate surface area is 130 Å². The molecule has 2 aromatic carbocycles. The fourth-order valence-electron chi connectivity index (χ4n) is 1.87. The van der Waals surface area contributed by atoms with Crippen LogP contribution in [-0.2, 0) is 13.1 Å². The van der Waals surface area contributed by atoms with Crippen molar-refractivity contribution in [3.63, 3.8) is 0 Å². The van der Waals surface area contributed by atoms with Crippen LogP contribution in [0.1, 0.15) is 11.1 Å². The number of benzene rings is 2. The molecule has 0 radical (unpaired) electrons. The summed E-state index contributed by atoms with van der Waals surface area (Å²) in [6, 6.07) is 8.90. The molecule has 2 aromatic rings. The van der Waals surface area contributed by atoms with Crippen LogP contribution < -0.4 is 5.32 Å². The molecule has 110 valence electrons. The van der Waals surface area contributed by atoms with Crippen molar-refractivity contribution in [1.82, 2.24) is 5.32 Å². The van der Waals surface area contributed by atoms with Crippen molar-refractivity contribution in [2.24, 2.45) is 0 Å². The molecule has 0 saturated heterocycles. The predicted octanol–water partition coefficient (Wildman–Crippen LogP) is 4.33. The van der Waals surface area contributed by atoms with Gasteiger partial charge in [0.15, 0.2) is 0 Å². The maximum atomic E-state index is 13.0. The molecule has 0 atom stereocenters. The maximum absolute atomic E-state index is 13.0. The van der Waals surface area contributed by atoms with Crippen LogP contribution >= 0.6 is 23.2 Å². The lowest BCUT2D eigenvalue weighted by Crippen LogP contribution is -2.14. The Kier molecular flexibility index (Phi) is 5.12. The van der Waals surface area contributed by atoms with E-state index in [0.29, 0.717) is 17.1 Å². The van der Waals surface area contributed by atoms with Crippen molar-refractivity contribution < 1.29 is 9.31 Å². The number of nitro groups is 1. The van der Waals surface area contributed by atoms with Crippen LogP contribution in [0.2, 0.25) is 10.0 Å². The third-order valence-corrected chi connectivity index (χ3v) is 3.55. The number of hydrogen-bond acceptors (Lipinski definition) is 3. The first-order chi connectivity index (χ1) is 9.99. The SMILES string of the molecule is O=[N+]([O-])c1cccc(Cl)c1CNCc1ccc(F)c(Cl)c1. The molecule has 0 aliphatic heterocycles. The lowest BCUT2D eigenvalue weighted by Gasteiger charge is -2.08. The molecule has 0 bridgehead atoms. The van der Waals surface area contributed by atoms with Crippen LogP contribution in [-0.4, -0.2) is 4.92 Å². The van der Waals surface area contributed by atoms with Crippen molar-refractivity contribution in [2.45, 2.75) is 13.1 Å². The highest BCUT2D eigenvalue weighted by Crippen LogP contribution is 2.26. The van der Waals surface area contributed by atoms with Gasteiger partial charge in [-0.3, -0.25) is 10.1 Å². The van der Waals surface area contributed by atoms with Crippen molar-refractivity contribution >= 4 is 28.9 Å². The first kappa shape index (κ1) is 15.7. The third kappa shape index (κ3) is 3.91. The highest BCUT2D eigenvalue weighted by molar-refractivity contribution is 6.31. The average Bonchev–Trinajstić information content (AvgIpc) is 2.44. The van der Waals surface area contributed by atoms with Gasteiger partial charge in [-0.15, -0.1) is 0 Å². The van der Waals surface area contributed by atoms with Crippen LogP contribution in [0.25, 0.3) is 0 Å². The van der Waals surface area contributed by atoms with Crippen LogP contribution in [0.3, 0.4) is 0 Å². The Bertz CT molecular complexity index is 680. The van der Waals surface area contributed by atoms with Gasteiger partial charge in [0.05, 0.1) is 20.5 Å². The summed E-state index contributed by atoms with van der Waals surface area (Å²) in [5.41, 5.74) is 1.15. The summed E-state index contributed by atoms with van der Waals surface area (Å²) in [7, 11) is 0. The van der Waals surface area contributed by atoms with E-state index in [1.807, 2.05) is 0 Å². The third-order valence-electron chi connectivity index (χ3n) is 2.91. The van der Waals surface area contributed by atoms with Crippen LogP contribution in [0, 0.1) is 15.9 Å². The quantitative estimate of drug-likeness (QED) is 0.656. The van der Waals surface area contributed by atoms with Gasteiger partial charge < -0.3 is 5.32 Å². The molecular formula is C14H11Cl2FN2O2. The van der Waals surface area contributed by atoms with E-state index in [0.717, 1.165) is 5.56 Å². The second kappa shape index (κ2) is 6.85. The first-order valence-corrected chi connectivity index (χ1v) is 6.81. The van der Waals surface area contributed by atoms with E-state index in [2.05, 4.69) is 5.32 Å². The van der Waals surface area contributed by atoms with E-state index in [1.54, 1.807) is 12.1 Å². The fourth-order valence-corrected chi connectivity index (χ4v) is 2.31. The maximum Gasteiger partial charge on any atom is 0.275 e. The molecule has 1 N–H and O–H groups in total. The van der Waals surface area contributed by atoms with Gasteiger partial charge in [0.2, 0.25) is 0 Å². The van der Waals surface area contributed by atoms with Gasteiger partial charge in [-0.25, -0.2) is 4.39 Å². The molecule has 21 heavy (non-hydrogen) atoms. The van der Waals surface area contributed by atoms with Crippen molar-refractivity contribution in [2.75, 3.05) is 0 Å². The van der Waals surface area contributed by atoms with Gasteiger partial charge >= 0.3 is 0 Å². The summed E-state index contributed by atoms with van der Waals surface area (Å²) < 4.78 is 13.0. The van der Waals surface area contributed by atoms with E-state index in [-0.39, 0.29) is 17.3 Å². The van der Waals surface area contributed by atoms with Gasteiger partial charge in [0, 0.05) is 19.2 Å². The summed E-state index contributed by atoms with van der Waals surface area (Å²) in [4.78, 5) is 10.5. The van der Waals surface area contributed by atoms with Gasteiger partial charge in [-0.1, -0.05) is 35.3 Å². The Morgan fingerprint density at radius 2 is 1.90 bits per heavy atom. The molecule has 2 rings (SSSR count). The van der Waals surface area contributed by atoms with Gasteiger partial charge in [0.1, 0.15) is 5.82 Å². The highest BCUT2D eigenvalue weighted by Gasteiger charge is 2.15. The van der Waals surface area contributed by atoms with Crippen LogP contribution in [0.15, 0.2) is 36.4 Å². The Balaban J connectivity index is 2.07. The predicted molar refractivity (Wildman–Crippen MR) is 80.1 cm³/mol. The second-order valence-electron chi connectivity index (χ2n) is 4.35. The van der Waals surface area contributed by atoms with E-state index >= 15 is 0 Å². The summed E-state index contributed by atoms with van der Waals surface area (Å²) in [5, 5.41) is 14.3. The Hall–Kier alpha value is -1.69. The highest BCUT2D eigenvalue weighted by atomic mass is 35.5. The number of nitro benzene ring substituents is 1. The van der Waals surface area contributed by atoms with Crippen LogP contribution in [0.4, 0.5) is 10.1 Å². The molecule has 0 saturated carbocycles. The van der Waals surface area contributed by atoms with Gasteiger partial charge in [0.25, 0.3) is 5.69 Å². The van der Waals surface area contributed by atoms with E-state index in [1.165, 1.54) is 24.3 Å². The van der Waals surface area contributed by atoms with E-state index < -0.39 is 10.7 Å². The standard InChI is InChI=1S/C14H11Cl2FN2O2/c15-11-2-1-3-14(19(20)21)10(11)8-18-7-9-4-5-13(17)12(16)6-9/h1-6,18H,7-8H2. The largest absolute Gasteiger partial charge is 0.308 e. The molecule has 7 heteroatoms. The average molecular weight is 329 g/mol. The molecule has 4 nitrogen and oxygen atoms in total. The van der Waals surface area contributed by atoms with Crippen LogP contribution in [0.5, 0.6) is 0 Å². The molecule has 0 fully saturated rings. The summed E-state index contributed by atoms with van der Waals surface area (Å²) in [6.07, 6.45) is 0. The van der Waals surface area contributed by atoms with Gasteiger partial charge in [-0.2, -0.15) is 0 Å². The monoisotopic (exact) mass is 328 g/mol. The normalized spacial score (nSPS) is 10.6. The van der Waals surface area contributed by atoms with Crippen molar-refractivity contribution in [1.29, 1.82) is 0 Å². The molecule has 0 spiro atoms. The molecule has 0 unspecified atom stereocenters. The molecular weight excluding hydrogens is 318 g/mol. The summed E-state index contributed by atoms with van der Waals surface area (Å²) in [6.45, 7) is 0.618. The second-order valence-corrected chi connectivity index (χ2v) is 5.16. The number of nitrogens with zero attached hydrogens (tertiary/aromatic N) is 1. The number of halogens is 3. The lowest BCUT2D eigenvalue weighted by molar-refractivity contribution is -0.385. The van der Waals surface area contributed by atoms with Gasteiger partial charge in [-0.05, 0) is 23.8 Å². The first-order valence-electron chi connectivity index (χ1n) is 6.05. The Morgan fingerprint density at radius 3 is 2.57 bits per heavy atom. The van der Waals surface area contributed by atoms with Crippen molar-refractivity contribution in [3.05, 3.63) is 73.5 Å². The number of rotatable bonds is 5. The summed E-state index contributed by atoms with van der Waals surface area (Å²) >= 11 is 11.7. The summed E-state index contributed by atoms with van der Waals surface area (Å²) in [5.74, 6) is -0.484. The number of hydrogen-bond donors (Lipinski definition) is 1. The zero-order valence-electron chi connectivity index (χ0n) is 10.8. The minimum absolute atomic E-state index is 0.0351. The smallest absolute Gasteiger partial charge is 0.275 e. The molecule has 0 amide bonds.